The highest BCUT2D eigenvalue weighted by Gasteiger charge is 2.17. The van der Waals surface area contributed by atoms with E-state index in [9.17, 15) is 4.79 Å². The molecule has 2 aromatic heterocycles. The van der Waals surface area contributed by atoms with Crippen molar-refractivity contribution in [2.24, 2.45) is 0 Å². The Balaban J connectivity index is 1.62. The molecule has 3 heterocycles. The maximum Gasteiger partial charge on any atom is 0.257 e. The summed E-state index contributed by atoms with van der Waals surface area (Å²) in [5, 5.41) is 4.29. The van der Waals surface area contributed by atoms with Gasteiger partial charge in [0.05, 0.1) is 22.5 Å². The van der Waals surface area contributed by atoms with Gasteiger partial charge in [-0.05, 0) is 50.1 Å². The van der Waals surface area contributed by atoms with E-state index < -0.39 is 0 Å². The molecule has 0 atom stereocenters. The Kier molecular flexibility index (Phi) is 4.47. The Hall–Kier alpha value is -2.66. The van der Waals surface area contributed by atoms with Gasteiger partial charge in [0.15, 0.2) is 0 Å². The van der Waals surface area contributed by atoms with Gasteiger partial charge in [0, 0.05) is 29.7 Å². The lowest BCUT2D eigenvalue weighted by molar-refractivity contribution is 0.102. The van der Waals surface area contributed by atoms with Gasteiger partial charge in [-0.2, -0.15) is 0 Å². The smallest absolute Gasteiger partial charge is 0.257 e. The zero-order valence-corrected chi connectivity index (χ0v) is 15.3. The summed E-state index contributed by atoms with van der Waals surface area (Å²) < 4.78 is 0. The lowest BCUT2D eigenvalue weighted by atomic mass is 10.1. The Morgan fingerprint density at radius 1 is 1.19 bits per heavy atom. The topological polar surface area (TPSA) is 58.1 Å². The van der Waals surface area contributed by atoms with Crippen LogP contribution in [0.15, 0.2) is 42.6 Å². The van der Waals surface area contributed by atoms with E-state index in [1.54, 1.807) is 18.3 Å². The van der Waals surface area contributed by atoms with Crippen LogP contribution in [0.5, 0.6) is 0 Å². The molecule has 1 aromatic carbocycles. The second kappa shape index (κ2) is 6.92. The number of pyridine rings is 2. The third-order valence-corrected chi connectivity index (χ3v) is 4.88. The molecule has 1 amide bonds. The number of amides is 1. The first-order valence-corrected chi connectivity index (χ1v) is 9.08. The molecule has 0 bridgehead atoms. The fraction of sp³-hybridized carbons (Fsp3) is 0.250. The molecule has 4 rings (SSSR count). The SMILES string of the molecule is Cc1nc(N2CCCC2)ccc1NC(=O)c1cc(Cl)cc2cccnc12. The van der Waals surface area contributed by atoms with Gasteiger partial charge in [-0.3, -0.25) is 9.78 Å². The zero-order chi connectivity index (χ0) is 18.1. The summed E-state index contributed by atoms with van der Waals surface area (Å²) in [5.74, 6) is 0.725. The number of hydrogen-bond acceptors (Lipinski definition) is 4. The summed E-state index contributed by atoms with van der Waals surface area (Å²) in [7, 11) is 0. The lowest BCUT2D eigenvalue weighted by Crippen LogP contribution is -2.20. The van der Waals surface area contributed by atoms with Crippen LogP contribution in [-0.2, 0) is 0 Å². The van der Waals surface area contributed by atoms with E-state index in [2.05, 4.69) is 20.2 Å². The van der Waals surface area contributed by atoms with Gasteiger partial charge in [0.2, 0.25) is 0 Å². The number of carbonyl (C=O) groups excluding carboxylic acids is 1. The van der Waals surface area contributed by atoms with E-state index in [1.165, 1.54) is 12.8 Å². The number of aromatic nitrogens is 2. The minimum atomic E-state index is -0.241. The van der Waals surface area contributed by atoms with Crippen molar-refractivity contribution in [3.63, 3.8) is 0 Å². The minimum absolute atomic E-state index is 0.241. The molecule has 1 aliphatic rings. The van der Waals surface area contributed by atoms with Crippen molar-refractivity contribution in [1.82, 2.24) is 9.97 Å². The summed E-state index contributed by atoms with van der Waals surface area (Å²) >= 11 is 6.17. The van der Waals surface area contributed by atoms with Crippen LogP contribution in [0.1, 0.15) is 28.9 Å². The van der Waals surface area contributed by atoms with Gasteiger partial charge in [0.25, 0.3) is 5.91 Å². The molecule has 1 fully saturated rings. The van der Waals surface area contributed by atoms with Crippen LogP contribution < -0.4 is 10.2 Å². The largest absolute Gasteiger partial charge is 0.357 e. The van der Waals surface area contributed by atoms with Crippen LogP contribution in [0.4, 0.5) is 11.5 Å². The van der Waals surface area contributed by atoms with E-state index >= 15 is 0 Å². The molecule has 0 spiro atoms. The quantitative estimate of drug-likeness (QED) is 0.744. The third-order valence-electron chi connectivity index (χ3n) is 4.66. The van der Waals surface area contributed by atoms with E-state index in [0.29, 0.717) is 21.8 Å². The third kappa shape index (κ3) is 3.22. The highest BCUT2D eigenvalue weighted by Crippen LogP contribution is 2.25. The van der Waals surface area contributed by atoms with Crippen LogP contribution >= 0.6 is 11.6 Å². The Labute approximate surface area is 157 Å². The number of nitrogens with one attached hydrogen (secondary N) is 1. The number of halogens is 1. The molecular formula is C20H19ClN4O. The van der Waals surface area contributed by atoms with Gasteiger partial charge in [-0.1, -0.05) is 17.7 Å². The van der Waals surface area contributed by atoms with Crippen molar-refractivity contribution < 1.29 is 4.79 Å². The van der Waals surface area contributed by atoms with Crippen molar-refractivity contribution in [3.05, 3.63) is 58.9 Å². The predicted molar refractivity (Wildman–Crippen MR) is 105 cm³/mol. The Morgan fingerprint density at radius 2 is 2.00 bits per heavy atom. The second-order valence-corrected chi connectivity index (χ2v) is 6.92. The van der Waals surface area contributed by atoms with Crippen molar-refractivity contribution in [1.29, 1.82) is 0 Å². The number of aryl methyl sites for hydroxylation is 1. The van der Waals surface area contributed by atoms with Crippen LogP contribution in [0, 0.1) is 6.92 Å². The van der Waals surface area contributed by atoms with E-state index in [4.69, 9.17) is 11.6 Å². The summed E-state index contributed by atoms with van der Waals surface area (Å²) in [6.45, 7) is 3.99. The van der Waals surface area contributed by atoms with Gasteiger partial charge >= 0.3 is 0 Å². The van der Waals surface area contributed by atoms with E-state index in [-0.39, 0.29) is 5.91 Å². The molecule has 0 radical (unpaired) electrons. The maximum absolute atomic E-state index is 12.8. The number of anilines is 2. The Bertz CT molecular complexity index is 983. The van der Waals surface area contributed by atoms with Crippen LogP contribution in [-0.4, -0.2) is 29.0 Å². The van der Waals surface area contributed by atoms with Crippen molar-refractivity contribution in [3.8, 4) is 0 Å². The summed E-state index contributed by atoms with van der Waals surface area (Å²) in [6, 6.07) is 11.0. The van der Waals surface area contributed by atoms with Gasteiger partial charge in [-0.15, -0.1) is 0 Å². The molecule has 3 aromatic rings. The molecule has 6 heteroatoms. The monoisotopic (exact) mass is 366 g/mol. The van der Waals surface area contributed by atoms with Gasteiger partial charge < -0.3 is 10.2 Å². The zero-order valence-electron chi connectivity index (χ0n) is 14.5. The molecule has 5 nitrogen and oxygen atoms in total. The standard InChI is InChI=1S/C20H19ClN4O/c1-13-17(6-7-18(23-13)25-9-2-3-10-25)24-20(26)16-12-15(21)11-14-5-4-8-22-19(14)16/h4-8,11-12H,2-3,9-10H2,1H3,(H,24,26). The number of hydrogen-bond donors (Lipinski definition) is 1. The fourth-order valence-electron chi connectivity index (χ4n) is 3.32. The molecule has 1 aliphatic heterocycles. The average molecular weight is 367 g/mol. The number of benzene rings is 1. The van der Waals surface area contributed by atoms with Crippen molar-refractivity contribution >= 4 is 39.9 Å². The number of rotatable bonds is 3. The normalized spacial score (nSPS) is 14.0. The Morgan fingerprint density at radius 3 is 2.77 bits per heavy atom. The fourth-order valence-corrected chi connectivity index (χ4v) is 3.55. The van der Waals surface area contributed by atoms with Crippen molar-refractivity contribution in [2.75, 3.05) is 23.3 Å². The van der Waals surface area contributed by atoms with Crippen LogP contribution in [0.3, 0.4) is 0 Å². The first-order chi connectivity index (χ1) is 12.6. The number of nitrogens with zero attached hydrogens (tertiary/aromatic N) is 3. The molecule has 0 unspecified atom stereocenters. The van der Waals surface area contributed by atoms with E-state index in [1.807, 2.05) is 31.2 Å². The van der Waals surface area contributed by atoms with Crippen molar-refractivity contribution in [2.45, 2.75) is 19.8 Å². The average Bonchev–Trinajstić information content (AvgIpc) is 3.17. The summed E-state index contributed by atoms with van der Waals surface area (Å²) in [4.78, 5) is 24.1. The van der Waals surface area contributed by atoms with E-state index in [0.717, 1.165) is 30.0 Å². The molecule has 0 saturated carbocycles. The van der Waals surface area contributed by atoms with Gasteiger partial charge in [-0.25, -0.2) is 4.98 Å². The highest BCUT2D eigenvalue weighted by atomic mass is 35.5. The molecule has 1 N–H and O–H groups in total. The summed E-state index contributed by atoms with van der Waals surface area (Å²) in [5.41, 5.74) is 2.58. The minimum Gasteiger partial charge on any atom is -0.357 e. The molecule has 0 aliphatic carbocycles. The molecular weight excluding hydrogens is 348 g/mol. The lowest BCUT2D eigenvalue weighted by Gasteiger charge is -2.18. The highest BCUT2D eigenvalue weighted by molar-refractivity contribution is 6.32. The van der Waals surface area contributed by atoms with Crippen LogP contribution in [0.2, 0.25) is 5.02 Å². The predicted octanol–water partition coefficient (Wildman–Crippen LogP) is 4.44. The van der Waals surface area contributed by atoms with Gasteiger partial charge in [0.1, 0.15) is 5.82 Å². The first kappa shape index (κ1) is 16.8. The maximum atomic E-state index is 12.8. The second-order valence-electron chi connectivity index (χ2n) is 6.48. The first-order valence-electron chi connectivity index (χ1n) is 8.70. The summed E-state index contributed by atoms with van der Waals surface area (Å²) in [6.07, 6.45) is 4.08. The van der Waals surface area contributed by atoms with Crippen LogP contribution in [0.25, 0.3) is 10.9 Å². The molecule has 1 saturated heterocycles. The molecule has 26 heavy (non-hydrogen) atoms. The molecule has 132 valence electrons. The number of fused-ring (bicyclic) bond motifs is 1. The number of carbonyl (C=O) groups is 1.